The van der Waals surface area contributed by atoms with Crippen LogP contribution in [0, 0.1) is 6.92 Å². The number of amides is 2. The van der Waals surface area contributed by atoms with Crippen LogP contribution in [0.2, 0.25) is 0 Å². The molecule has 1 atom stereocenters. The standard InChI is InChI=1S/C27H31N3O4S/c1-21-14-16-24(17-15-21)30(35(33,34)25-12-8-5-9-13-25)20-26(31)29(22(2)27(32)28-3)19-18-23-10-6-4-7-11-23/h4-17,22H,18-20H2,1-3H3,(H,28,32). The molecule has 0 saturated carbocycles. The minimum atomic E-state index is -4.03. The van der Waals surface area contributed by atoms with Gasteiger partial charge in [-0.3, -0.25) is 13.9 Å². The quantitative estimate of drug-likeness (QED) is 0.469. The van der Waals surface area contributed by atoms with E-state index in [1.807, 2.05) is 37.3 Å². The lowest BCUT2D eigenvalue weighted by molar-refractivity contribution is -0.138. The predicted octanol–water partition coefficient (Wildman–Crippen LogP) is 3.40. The highest BCUT2D eigenvalue weighted by Gasteiger charge is 2.31. The molecule has 3 aromatic rings. The molecule has 0 aliphatic heterocycles. The monoisotopic (exact) mass is 493 g/mol. The van der Waals surface area contributed by atoms with Crippen molar-refractivity contribution in [3.63, 3.8) is 0 Å². The molecule has 1 unspecified atom stereocenters. The first-order valence-corrected chi connectivity index (χ1v) is 12.9. The minimum absolute atomic E-state index is 0.0866. The molecule has 0 aromatic heterocycles. The number of sulfonamides is 1. The van der Waals surface area contributed by atoms with Crippen LogP contribution in [0.5, 0.6) is 0 Å². The summed E-state index contributed by atoms with van der Waals surface area (Å²) < 4.78 is 28.3. The average Bonchev–Trinajstić information content (AvgIpc) is 2.88. The Kier molecular flexibility index (Phi) is 8.65. The number of carbonyl (C=O) groups is 2. The van der Waals surface area contributed by atoms with E-state index in [0.29, 0.717) is 12.1 Å². The Bertz CT molecular complexity index is 1230. The maximum atomic E-state index is 13.6. The number of hydrogen-bond donors (Lipinski definition) is 1. The molecule has 0 fully saturated rings. The highest BCUT2D eigenvalue weighted by Crippen LogP contribution is 2.24. The average molecular weight is 494 g/mol. The van der Waals surface area contributed by atoms with Crippen LogP contribution in [0.3, 0.4) is 0 Å². The third-order valence-electron chi connectivity index (χ3n) is 5.83. The summed E-state index contributed by atoms with van der Waals surface area (Å²) in [5.41, 5.74) is 2.36. The number of likely N-dealkylation sites (N-methyl/N-ethyl adjacent to an activating group) is 1. The molecule has 0 bridgehead atoms. The van der Waals surface area contributed by atoms with Gasteiger partial charge in [0.25, 0.3) is 10.0 Å². The van der Waals surface area contributed by atoms with Gasteiger partial charge in [0.1, 0.15) is 12.6 Å². The smallest absolute Gasteiger partial charge is 0.264 e. The Morgan fingerprint density at radius 3 is 2.03 bits per heavy atom. The molecular weight excluding hydrogens is 462 g/mol. The Morgan fingerprint density at radius 2 is 1.46 bits per heavy atom. The second-order valence-corrected chi connectivity index (χ2v) is 10.1. The van der Waals surface area contributed by atoms with Crippen molar-refractivity contribution in [3.8, 4) is 0 Å². The molecule has 0 saturated heterocycles. The summed E-state index contributed by atoms with van der Waals surface area (Å²) in [4.78, 5) is 27.6. The zero-order chi connectivity index (χ0) is 25.4. The number of nitrogens with one attached hydrogen (secondary N) is 1. The van der Waals surface area contributed by atoms with E-state index in [9.17, 15) is 18.0 Å². The second kappa shape index (κ2) is 11.7. The summed E-state index contributed by atoms with van der Waals surface area (Å²) in [5, 5.41) is 2.58. The van der Waals surface area contributed by atoms with Gasteiger partial charge in [-0.05, 0) is 50.1 Å². The molecule has 0 aliphatic carbocycles. The molecular formula is C27H31N3O4S. The van der Waals surface area contributed by atoms with E-state index in [4.69, 9.17) is 0 Å². The molecule has 2 amide bonds. The third-order valence-corrected chi connectivity index (χ3v) is 7.62. The number of hydrogen-bond acceptors (Lipinski definition) is 4. The third kappa shape index (κ3) is 6.48. The summed E-state index contributed by atoms with van der Waals surface area (Å²) in [6, 6.07) is 23.8. The highest BCUT2D eigenvalue weighted by atomic mass is 32.2. The fourth-order valence-corrected chi connectivity index (χ4v) is 5.17. The van der Waals surface area contributed by atoms with E-state index < -0.39 is 28.5 Å². The Hall–Kier alpha value is -3.65. The van der Waals surface area contributed by atoms with Crippen molar-refractivity contribution < 1.29 is 18.0 Å². The van der Waals surface area contributed by atoms with Gasteiger partial charge in [-0.1, -0.05) is 66.2 Å². The van der Waals surface area contributed by atoms with E-state index in [-0.39, 0.29) is 17.3 Å². The molecule has 0 heterocycles. The molecule has 8 heteroatoms. The number of carbonyl (C=O) groups excluding carboxylic acids is 2. The molecule has 184 valence electrons. The molecule has 0 spiro atoms. The number of benzene rings is 3. The Balaban J connectivity index is 1.95. The maximum absolute atomic E-state index is 13.6. The van der Waals surface area contributed by atoms with E-state index in [1.165, 1.54) is 24.1 Å². The van der Waals surface area contributed by atoms with Gasteiger partial charge in [-0.15, -0.1) is 0 Å². The first-order chi connectivity index (χ1) is 16.7. The van der Waals surface area contributed by atoms with Gasteiger partial charge < -0.3 is 10.2 Å². The molecule has 1 N–H and O–H groups in total. The molecule has 35 heavy (non-hydrogen) atoms. The van der Waals surface area contributed by atoms with Gasteiger partial charge in [-0.2, -0.15) is 0 Å². The fourth-order valence-electron chi connectivity index (χ4n) is 3.74. The summed E-state index contributed by atoms with van der Waals surface area (Å²) >= 11 is 0. The van der Waals surface area contributed by atoms with Crippen molar-refractivity contribution >= 4 is 27.5 Å². The van der Waals surface area contributed by atoms with Gasteiger partial charge in [0.2, 0.25) is 11.8 Å². The van der Waals surface area contributed by atoms with Crippen LogP contribution in [-0.2, 0) is 26.0 Å². The summed E-state index contributed by atoms with van der Waals surface area (Å²) in [5.74, 6) is -0.781. The van der Waals surface area contributed by atoms with Crippen molar-refractivity contribution in [3.05, 3.63) is 96.1 Å². The van der Waals surface area contributed by atoms with Gasteiger partial charge >= 0.3 is 0 Å². The minimum Gasteiger partial charge on any atom is -0.357 e. The van der Waals surface area contributed by atoms with Crippen molar-refractivity contribution in [1.82, 2.24) is 10.2 Å². The van der Waals surface area contributed by atoms with Crippen LogP contribution in [0.15, 0.2) is 89.8 Å². The maximum Gasteiger partial charge on any atom is 0.264 e. The topological polar surface area (TPSA) is 86.8 Å². The van der Waals surface area contributed by atoms with Crippen molar-refractivity contribution in [2.75, 3.05) is 24.4 Å². The zero-order valence-corrected chi connectivity index (χ0v) is 21.0. The summed E-state index contributed by atoms with van der Waals surface area (Å²) in [6.07, 6.45) is 0.532. The lowest BCUT2D eigenvalue weighted by Crippen LogP contribution is -2.51. The first kappa shape index (κ1) is 26.0. The molecule has 0 aliphatic rings. The van der Waals surface area contributed by atoms with E-state index in [0.717, 1.165) is 15.4 Å². The van der Waals surface area contributed by atoms with Gasteiger partial charge in [0, 0.05) is 13.6 Å². The molecule has 3 aromatic carbocycles. The number of rotatable bonds is 10. The molecule has 0 radical (unpaired) electrons. The van der Waals surface area contributed by atoms with E-state index >= 15 is 0 Å². The first-order valence-electron chi connectivity index (χ1n) is 11.4. The van der Waals surface area contributed by atoms with E-state index in [2.05, 4.69) is 5.32 Å². The van der Waals surface area contributed by atoms with Crippen molar-refractivity contribution in [1.29, 1.82) is 0 Å². The molecule has 3 rings (SSSR count). The van der Waals surface area contributed by atoms with Crippen LogP contribution < -0.4 is 9.62 Å². The molecule has 7 nitrogen and oxygen atoms in total. The van der Waals surface area contributed by atoms with Crippen LogP contribution in [-0.4, -0.2) is 51.3 Å². The largest absolute Gasteiger partial charge is 0.357 e. The lowest BCUT2D eigenvalue weighted by Gasteiger charge is -2.31. The lowest BCUT2D eigenvalue weighted by atomic mass is 10.1. The number of anilines is 1. The van der Waals surface area contributed by atoms with Crippen molar-refractivity contribution in [2.45, 2.75) is 31.2 Å². The van der Waals surface area contributed by atoms with Gasteiger partial charge in [0.05, 0.1) is 10.6 Å². The Labute approximate surface area is 207 Å². The normalized spacial score (nSPS) is 12.0. The van der Waals surface area contributed by atoms with Crippen LogP contribution >= 0.6 is 0 Å². The van der Waals surface area contributed by atoms with Gasteiger partial charge in [0.15, 0.2) is 0 Å². The van der Waals surface area contributed by atoms with Crippen LogP contribution in [0.25, 0.3) is 0 Å². The zero-order valence-electron chi connectivity index (χ0n) is 20.2. The van der Waals surface area contributed by atoms with E-state index in [1.54, 1.807) is 49.4 Å². The number of aryl methyl sites for hydroxylation is 1. The van der Waals surface area contributed by atoms with Gasteiger partial charge in [-0.25, -0.2) is 8.42 Å². The van der Waals surface area contributed by atoms with Crippen molar-refractivity contribution in [2.24, 2.45) is 0 Å². The van der Waals surface area contributed by atoms with Crippen LogP contribution in [0.1, 0.15) is 18.1 Å². The fraction of sp³-hybridized carbons (Fsp3) is 0.259. The SMILES string of the molecule is CNC(=O)C(C)N(CCc1ccccc1)C(=O)CN(c1ccc(C)cc1)S(=O)(=O)c1ccccc1. The predicted molar refractivity (Wildman–Crippen MR) is 138 cm³/mol. The highest BCUT2D eigenvalue weighted by molar-refractivity contribution is 7.92. The Morgan fingerprint density at radius 1 is 0.886 bits per heavy atom. The second-order valence-electron chi connectivity index (χ2n) is 8.27. The summed E-state index contributed by atoms with van der Waals surface area (Å²) in [6.45, 7) is 3.38. The number of nitrogens with zero attached hydrogens (tertiary/aromatic N) is 2. The summed E-state index contributed by atoms with van der Waals surface area (Å²) in [7, 11) is -2.52. The van der Waals surface area contributed by atoms with Crippen LogP contribution in [0.4, 0.5) is 5.69 Å².